The Morgan fingerprint density at radius 1 is 1.15 bits per heavy atom. The van der Waals surface area contributed by atoms with Gasteiger partial charge in [0.1, 0.15) is 6.04 Å². The van der Waals surface area contributed by atoms with Crippen LogP contribution in [0.4, 0.5) is 0 Å². The van der Waals surface area contributed by atoms with Gasteiger partial charge in [-0.05, 0) is 32.1 Å². The fourth-order valence-corrected chi connectivity index (χ4v) is 2.74. The number of amides is 1. The van der Waals surface area contributed by atoms with Crippen molar-refractivity contribution in [3.63, 3.8) is 0 Å². The van der Waals surface area contributed by atoms with Crippen LogP contribution in [-0.4, -0.2) is 34.5 Å². The molecule has 1 fully saturated rings. The zero-order valence-electron chi connectivity index (χ0n) is 12.4. The van der Waals surface area contributed by atoms with Gasteiger partial charge in [0.2, 0.25) is 5.91 Å². The zero-order valence-corrected chi connectivity index (χ0v) is 12.4. The molecular formula is C16H27NO3. The van der Waals surface area contributed by atoms with Crippen LogP contribution in [0.1, 0.15) is 64.2 Å². The summed E-state index contributed by atoms with van der Waals surface area (Å²) in [5.41, 5.74) is 0. The predicted molar refractivity (Wildman–Crippen MR) is 79.5 cm³/mol. The van der Waals surface area contributed by atoms with Crippen molar-refractivity contribution >= 4 is 11.9 Å². The van der Waals surface area contributed by atoms with Crippen molar-refractivity contribution in [2.45, 2.75) is 70.3 Å². The van der Waals surface area contributed by atoms with Crippen molar-refractivity contribution in [3.8, 4) is 0 Å². The Morgan fingerprint density at radius 3 is 2.45 bits per heavy atom. The minimum atomic E-state index is -0.863. The summed E-state index contributed by atoms with van der Waals surface area (Å²) in [6, 6.07) is -0.582. The highest BCUT2D eigenvalue weighted by Gasteiger charge is 2.33. The largest absolute Gasteiger partial charge is 0.480 e. The number of carbonyl (C=O) groups is 2. The van der Waals surface area contributed by atoms with E-state index in [1.165, 1.54) is 19.3 Å². The molecule has 1 unspecified atom stereocenters. The highest BCUT2D eigenvalue weighted by molar-refractivity contribution is 5.84. The predicted octanol–water partition coefficient (Wildman–Crippen LogP) is 3.37. The fraction of sp³-hybridized carbons (Fsp3) is 0.750. The Bertz CT molecular complexity index is 328. The third-order valence-electron chi connectivity index (χ3n) is 3.91. The maximum atomic E-state index is 12.0. The molecule has 0 saturated carbocycles. The molecule has 1 saturated heterocycles. The van der Waals surface area contributed by atoms with E-state index in [1.807, 2.05) is 6.08 Å². The Labute approximate surface area is 121 Å². The van der Waals surface area contributed by atoms with Crippen molar-refractivity contribution in [3.05, 3.63) is 12.7 Å². The van der Waals surface area contributed by atoms with Crippen LogP contribution in [0.5, 0.6) is 0 Å². The standard InChI is InChI=1S/C16H27NO3/c1-2-3-4-5-6-7-8-9-12-15(18)17-13-10-11-14(17)16(19)20/h2,14H,1,3-13H2,(H,19,20). The molecule has 1 amide bonds. The summed E-state index contributed by atoms with van der Waals surface area (Å²) in [6.07, 6.45) is 11.7. The van der Waals surface area contributed by atoms with Crippen molar-refractivity contribution in [1.29, 1.82) is 0 Å². The summed E-state index contributed by atoms with van der Waals surface area (Å²) in [7, 11) is 0. The van der Waals surface area contributed by atoms with E-state index in [9.17, 15) is 9.59 Å². The van der Waals surface area contributed by atoms with E-state index < -0.39 is 12.0 Å². The molecule has 0 aliphatic carbocycles. The number of allylic oxidation sites excluding steroid dienone is 1. The summed E-state index contributed by atoms with van der Waals surface area (Å²) in [6.45, 7) is 4.31. The quantitative estimate of drug-likeness (QED) is 0.493. The van der Waals surface area contributed by atoms with Crippen LogP contribution >= 0.6 is 0 Å². The monoisotopic (exact) mass is 281 g/mol. The minimum absolute atomic E-state index is 0.0153. The molecule has 4 nitrogen and oxygen atoms in total. The minimum Gasteiger partial charge on any atom is -0.480 e. The van der Waals surface area contributed by atoms with Crippen molar-refractivity contribution in [2.24, 2.45) is 0 Å². The van der Waals surface area contributed by atoms with Crippen molar-refractivity contribution in [1.82, 2.24) is 4.90 Å². The molecule has 0 bridgehead atoms. The van der Waals surface area contributed by atoms with Gasteiger partial charge >= 0.3 is 5.97 Å². The van der Waals surface area contributed by atoms with Crippen LogP contribution < -0.4 is 0 Å². The van der Waals surface area contributed by atoms with Crippen LogP contribution in [0, 0.1) is 0 Å². The molecular weight excluding hydrogens is 254 g/mol. The first-order valence-corrected chi connectivity index (χ1v) is 7.80. The molecule has 0 spiro atoms. The van der Waals surface area contributed by atoms with Crippen LogP contribution in [0.15, 0.2) is 12.7 Å². The maximum Gasteiger partial charge on any atom is 0.326 e. The van der Waals surface area contributed by atoms with E-state index in [-0.39, 0.29) is 5.91 Å². The van der Waals surface area contributed by atoms with E-state index in [2.05, 4.69) is 6.58 Å². The first kappa shape index (κ1) is 16.7. The molecule has 20 heavy (non-hydrogen) atoms. The van der Waals surface area contributed by atoms with E-state index in [0.717, 1.165) is 32.1 Å². The number of nitrogens with zero attached hydrogens (tertiary/aromatic N) is 1. The number of carboxylic acids is 1. The first-order valence-electron chi connectivity index (χ1n) is 7.80. The van der Waals surface area contributed by atoms with Crippen LogP contribution in [0.2, 0.25) is 0 Å². The van der Waals surface area contributed by atoms with Gasteiger partial charge in [-0.3, -0.25) is 4.79 Å². The Balaban J connectivity index is 2.08. The molecule has 1 rings (SSSR count). The van der Waals surface area contributed by atoms with Crippen LogP contribution in [0.3, 0.4) is 0 Å². The SMILES string of the molecule is C=CCCCCCCCCC(=O)N1CCCC1C(=O)O. The lowest BCUT2D eigenvalue weighted by Gasteiger charge is -2.21. The highest BCUT2D eigenvalue weighted by atomic mass is 16.4. The molecule has 1 aliphatic heterocycles. The Morgan fingerprint density at radius 2 is 1.80 bits per heavy atom. The summed E-state index contributed by atoms with van der Waals surface area (Å²) in [4.78, 5) is 24.6. The molecule has 4 heteroatoms. The Hall–Kier alpha value is -1.32. The summed E-state index contributed by atoms with van der Waals surface area (Å²) >= 11 is 0. The molecule has 1 aliphatic rings. The number of hydrogen-bond acceptors (Lipinski definition) is 2. The average molecular weight is 281 g/mol. The third kappa shape index (κ3) is 5.76. The molecule has 0 aromatic carbocycles. The van der Waals surface area contributed by atoms with Gasteiger partial charge in [-0.2, -0.15) is 0 Å². The summed E-state index contributed by atoms with van der Waals surface area (Å²) in [5.74, 6) is -0.848. The molecule has 1 atom stereocenters. The lowest BCUT2D eigenvalue weighted by Crippen LogP contribution is -2.40. The molecule has 0 aromatic heterocycles. The molecule has 1 heterocycles. The van der Waals surface area contributed by atoms with Gasteiger partial charge in [0.15, 0.2) is 0 Å². The zero-order chi connectivity index (χ0) is 14.8. The van der Waals surface area contributed by atoms with E-state index in [1.54, 1.807) is 4.90 Å². The Kier molecular flexibility index (Phi) is 8.00. The van der Waals surface area contributed by atoms with E-state index in [0.29, 0.717) is 19.4 Å². The van der Waals surface area contributed by atoms with Gasteiger partial charge < -0.3 is 10.0 Å². The van der Waals surface area contributed by atoms with E-state index >= 15 is 0 Å². The van der Waals surface area contributed by atoms with Gasteiger partial charge in [-0.25, -0.2) is 4.79 Å². The highest BCUT2D eigenvalue weighted by Crippen LogP contribution is 2.19. The topological polar surface area (TPSA) is 57.6 Å². The van der Waals surface area contributed by atoms with Crippen molar-refractivity contribution in [2.75, 3.05) is 6.54 Å². The second-order valence-corrected chi connectivity index (χ2v) is 5.53. The van der Waals surface area contributed by atoms with Gasteiger partial charge in [0, 0.05) is 13.0 Å². The average Bonchev–Trinajstić information content (AvgIpc) is 2.91. The molecule has 0 aromatic rings. The van der Waals surface area contributed by atoms with E-state index in [4.69, 9.17) is 5.11 Å². The fourth-order valence-electron chi connectivity index (χ4n) is 2.74. The number of unbranched alkanes of at least 4 members (excludes halogenated alkanes) is 6. The number of carboxylic acid groups (broad SMARTS) is 1. The van der Waals surface area contributed by atoms with Gasteiger partial charge in [0.25, 0.3) is 0 Å². The maximum absolute atomic E-state index is 12.0. The van der Waals surface area contributed by atoms with Crippen LogP contribution in [-0.2, 0) is 9.59 Å². The molecule has 0 radical (unpaired) electrons. The molecule has 1 N–H and O–H groups in total. The second-order valence-electron chi connectivity index (χ2n) is 5.53. The van der Waals surface area contributed by atoms with Crippen molar-refractivity contribution < 1.29 is 14.7 Å². The summed E-state index contributed by atoms with van der Waals surface area (Å²) < 4.78 is 0. The smallest absolute Gasteiger partial charge is 0.326 e. The van der Waals surface area contributed by atoms with Crippen LogP contribution in [0.25, 0.3) is 0 Å². The normalized spacial score (nSPS) is 18.2. The lowest BCUT2D eigenvalue weighted by molar-refractivity contribution is -0.148. The second kappa shape index (κ2) is 9.56. The van der Waals surface area contributed by atoms with Gasteiger partial charge in [-0.1, -0.05) is 31.8 Å². The lowest BCUT2D eigenvalue weighted by atomic mass is 10.1. The molecule has 114 valence electrons. The number of rotatable bonds is 10. The first-order chi connectivity index (χ1) is 9.66. The van der Waals surface area contributed by atoms with Gasteiger partial charge in [-0.15, -0.1) is 6.58 Å². The summed E-state index contributed by atoms with van der Waals surface area (Å²) in [5, 5.41) is 9.04. The number of hydrogen-bond donors (Lipinski definition) is 1. The number of carbonyl (C=O) groups excluding carboxylic acids is 1. The number of likely N-dealkylation sites (tertiary alicyclic amines) is 1. The number of aliphatic carboxylic acids is 1. The van der Waals surface area contributed by atoms with Gasteiger partial charge in [0.05, 0.1) is 0 Å². The third-order valence-corrected chi connectivity index (χ3v) is 3.91.